The number of piperidine rings is 1. The molecule has 3 rings (SSSR count). The fourth-order valence-electron chi connectivity index (χ4n) is 3.15. The molecule has 1 aliphatic heterocycles. The zero-order valence-corrected chi connectivity index (χ0v) is 12.6. The molecule has 1 heterocycles. The van der Waals surface area contributed by atoms with Gasteiger partial charge in [-0.3, -0.25) is 4.79 Å². The highest BCUT2D eigenvalue weighted by molar-refractivity contribution is 5.97. The number of nitrogens with one attached hydrogen (secondary N) is 1. The van der Waals surface area contributed by atoms with Gasteiger partial charge in [-0.25, -0.2) is 0 Å². The van der Waals surface area contributed by atoms with Gasteiger partial charge in [-0.05, 0) is 43.7 Å². The summed E-state index contributed by atoms with van der Waals surface area (Å²) in [5.74, 6) is 0.888. The summed E-state index contributed by atoms with van der Waals surface area (Å²) in [4.78, 5) is 14.6. The zero-order chi connectivity index (χ0) is 14.7. The summed E-state index contributed by atoms with van der Waals surface area (Å²) < 4.78 is 5.31. The molecule has 0 radical (unpaired) electrons. The van der Waals surface area contributed by atoms with E-state index in [-0.39, 0.29) is 11.9 Å². The van der Waals surface area contributed by atoms with Gasteiger partial charge in [0.15, 0.2) is 0 Å². The molecule has 4 heteroatoms. The van der Waals surface area contributed by atoms with Gasteiger partial charge in [0.05, 0.1) is 12.6 Å². The summed E-state index contributed by atoms with van der Waals surface area (Å²) in [5.41, 5.74) is 1.00. The minimum absolute atomic E-state index is 0.0697. The van der Waals surface area contributed by atoms with Gasteiger partial charge in [-0.1, -0.05) is 18.2 Å². The number of benzene rings is 1. The van der Waals surface area contributed by atoms with E-state index in [1.165, 1.54) is 12.8 Å². The Balaban J connectivity index is 1.67. The Morgan fingerprint density at radius 3 is 2.71 bits per heavy atom. The van der Waals surface area contributed by atoms with Gasteiger partial charge in [0, 0.05) is 25.4 Å². The molecule has 0 unspecified atom stereocenters. The van der Waals surface area contributed by atoms with E-state index >= 15 is 0 Å². The van der Waals surface area contributed by atoms with Crippen LogP contribution >= 0.6 is 0 Å². The lowest BCUT2D eigenvalue weighted by Crippen LogP contribution is -2.54. The fraction of sp³-hybridized carbons (Fsp3) is 0.588. The number of hydrogen-bond acceptors (Lipinski definition) is 3. The molecular formula is C17H24N2O2. The van der Waals surface area contributed by atoms with Crippen LogP contribution < -0.4 is 10.2 Å². The van der Waals surface area contributed by atoms with Gasteiger partial charge in [0.25, 0.3) is 0 Å². The summed E-state index contributed by atoms with van der Waals surface area (Å²) >= 11 is 0. The third-order valence-corrected chi connectivity index (χ3v) is 4.46. The first kappa shape index (κ1) is 14.5. The smallest absolute Gasteiger partial charge is 0.244 e. The average Bonchev–Trinajstić information content (AvgIpc) is 3.34. The Hall–Kier alpha value is -1.39. The van der Waals surface area contributed by atoms with E-state index in [0.29, 0.717) is 18.6 Å². The lowest BCUT2D eigenvalue weighted by atomic mass is 10.0. The molecule has 2 fully saturated rings. The van der Waals surface area contributed by atoms with Crippen LogP contribution in [0.15, 0.2) is 30.3 Å². The van der Waals surface area contributed by atoms with Crippen molar-refractivity contribution < 1.29 is 9.53 Å². The molecule has 0 spiro atoms. The first-order valence-electron chi connectivity index (χ1n) is 7.91. The highest BCUT2D eigenvalue weighted by Crippen LogP contribution is 2.33. The highest BCUT2D eigenvalue weighted by atomic mass is 16.5. The number of hydrogen-bond donors (Lipinski definition) is 1. The van der Waals surface area contributed by atoms with Crippen molar-refractivity contribution in [2.75, 3.05) is 25.2 Å². The van der Waals surface area contributed by atoms with E-state index in [1.807, 2.05) is 35.2 Å². The zero-order valence-electron chi connectivity index (χ0n) is 12.6. The van der Waals surface area contributed by atoms with Crippen molar-refractivity contribution in [2.45, 2.75) is 37.8 Å². The molecule has 1 amide bonds. The summed E-state index contributed by atoms with van der Waals surface area (Å²) in [6.07, 6.45) is 4.48. The molecule has 0 bridgehead atoms. The summed E-state index contributed by atoms with van der Waals surface area (Å²) in [7, 11) is 1.73. The number of ether oxygens (including phenoxy) is 1. The minimum Gasteiger partial charge on any atom is -0.383 e. The lowest BCUT2D eigenvalue weighted by Gasteiger charge is -2.34. The number of amides is 1. The van der Waals surface area contributed by atoms with E-state index in [1.54, 1.807) is 7.11 Å². The van der Waals surface area contributed by atoms with Crippen LogP contribution in [-0.4, -0.2) is 38.3 Å². The molecule has 1 saturated carbocycles. The summed E-state index contributed by atoms with van der Waals surface area (Å²) in [6, 6.07) is 10.2. The van der Waals surface area contributed by atoms with Crippen LogP contribution in [0.4, 0.5) is 5.69 Å². The number of carbonyl (C=O) groups excluding carboxylic acids is 1. The first-order valence-corrected chi connectivity index (χ1v) is 7.91. The quantitative estimate of drug-likeness (QED) is 0.872. The van der Waals surface area contributed by atoms with Gasteiger partial charge in [-0.15, -0.1) is 0 Å². The van der Waals surface area contributed by atoms with Crippen molar-refractivity contribution in [3.8, 4) is 0 Å². The van der Waals surface area contributed by atoms with E-state index in [2.05, 4.69) is 5.32 Å². The monoisotopic (exact) mass is 288 g/mol. The molecule has 1 saturated heterocycles. The topological polar surface area (TPSA) is 41.6 Å². The van der Waals surface area contributed by atoms with Gasteiger partial charge in [0.1, 0.15) is 0 Å². The van der Waals surface area contributed by atoms with Crippen molar-refractivity contribution in [1.29, 1.82) is 0 Å². The number of nitrogens with zero attached hydrogens (tertiary/aromatic N) is 1. The summed E-state index contributed by atoms with van der Waals surface area (Å²) in [6.45, 7) is 1.51. The Labute approximate surface area is 126 Å². The summed E-state index contributed by atoms with van der Waals surface area (Å²) in [5, 5.41) is 3.55. The molecule has 2 atom stereocenters. The van der Waals surface area contributed by atoms with Crippen molar-refractivity contribution in [3.63, 3.8) is 0 Å². The molecule has 1 aromatic rings. The van der Waals surface area contributed by atoms with Crippen molar-refractivity contribution in [3.05, 3.63) is 30.3 Å². The Morgan fingerprint density at radius 1 is 1.29 bits per heavy atom. The third kappa shape index (κ3) is 3.44. The molecule has 1 aromatic carbocycles. The molecule has 0 aromatic heterocycles. The molecule has 1 N–H and O–H groups in total. The number of para-hydroxylation sites is 1. The molecule has 114 valence electrons. The van der Waals surface area contributed by atoms with Crippen molar-refractivity contribution >= 4 is 11.6 Å². The third-order valence-electron chi connectivity index (χ3n) is 4.46. The van der Waals surface area contributed by atoms with E-state index in [4.69, 9.17) is 4.74 Å². The van der Waals surface area contributed by atoms with E-state index < -0.39 is 0 Å². The molecule has 2 aliphatic rings. The number of carbonyl (C=O) groups is 1. The fourth-order valence-corrected chi connectivity index (χ4v) is 3.15. The number of methoxy groups -OCH3 is 1. The second kappa shape index (κ2) is 6.58. The Kier molecular flexibility index (Phi) is 4.56. The van der Waals surface area contributed by atoms with E-state index in [0.717, 1.165) is 25.1 Å². The second-order valence-corrected chi connectivity index (χ2v) is 6.09. The average molecular weight is 288 g/mol. The maximum atomic E-state index is 12.7. The van der Waals surface area contributed by atoms with Crippen molar-refractivity contribution in [2.24, 2.45) is 5.92 Å². The Bertz CT molecular complexity index is 473. The Morgan fingerprint density at radius 2 is 2.05 bits per heavy atom. The minimum atomic E-state index is -0.0697. The maximum Gasteiger partial charge on any atom is 0.244 e. The predicted octanol–water partition coefficient (Wildman–Crippen LogP) is 2.20. The maximum absolute atomic E-state index is 12.7. The second-order valence-electron chi connectivity index (χ2n) is 6.09. The molecule has 21 heavy (non-hydrogen) atoms. The van der Waals surface area contributed by atoms with Crippen LogP contribution in [0.5, 0.6) is 0 Å². The molecule has 4 nitrogen and oxygen atoms in total. The van der Waals surface area contributed by atoms with Crippen LogP contribution in [0.2, 0.25) is 0 Å². The normalized spacial score (nSPS) is 24.1. The number of anilines is 1. The van der Waals surface area contributed by atoms with Gasteiger partial charge >= 0.3 is 0 Å². The standard InChI is InChI=1S/C17H24N2O2/c1-21-12-16(13-9-10-13)18-15-8-5-11-19(17(15)20)14-6-3-2-4-7-14/h2-4,6-7,13,15-16,18H,5,8-12H2,1H3/t15-,16-/m1/s1. The molecule has 1 aliphatic carbocycles. The predicted molar refractivity (Wildman–Crippen MR) is 83.3 cm³/mol. The van der Waals surface area contributed by atoms with Crippen molar-refractivity contribution in [1.82, 2.24) is 5.32 Å². The van der Waals surface area contributed by atoms with Gasteiger partial charge in [-0.2, -0.15) is 0 Å². The lowest BCUT2D eigenvalue weighted by molar-refractivity contribution is -0.122. The highest BCUT2D eigenvalue weighted by Gasteiger charge is 2.36. The largest absolute Gasteiger partial charge is 0.383 e. The van der Waals surface area contributed by atoms with Crippen LogP contribution in [0.25, 0.3) is 0 Å². The van der Waals surface area contributed by atoms with Crippen LogP contribution in [-0.2, 0) is 9.53 Å². The first-order chi connectivity index (χ1) is 10.3. The van der Waals surface area contributed by atoms with Gasteiger partial charge in [0.2, 0.25) is 5.91 Å². The van der Waals surface area contributed by atoms with Gasteiger partial charge < -0.3 is 15.0 Å². The van der Waals surface area contributed by atoms with Crippen LogP contribution in [0.1, 0.15) is 25.7 Å². The number of rotatable bonds is 6. The molecular weight excluding hydrogens is 264 g/mol. The SMILES string of the molecule is COC[C@@H](N[C@@H]1CCCN(c2ccccc2)C1=O)C1CC1. The van der Waals surface area contributed by atoms with Crippen LogP contribution in [0.3, 0.4) is 0 Å². The van der Waals surface area contributed by atoms with Crippen LogP contribution in [0, 0.1) is 5.92 Å². The van der Waals surface area contributed by atoms with E-state index in [9.17, 15) is 4.79 Å².